The van der Waals surface area contributed by atoms with E-state index in [-0.39, 0.29) is 24.8 Å². The largest absolute Gasteiger partial charge is 0.272 e. The summed E-state index contributed by atoms with van der Waals surface area (Å²) < 4.78 is 18.8. The van der Waals surface area contributed by atoms with E-state index >= 15 is 0 Å². The Morgan fingerprint density at radius 1 is 1.80 bits per heavy atom. The molecule has 0 heterocycles. The van der Waals surface area contributed by atoms with Gasteiger partial charge in [-0.2, -0.15) is 0 Å². The summed E-state index contributed by atoms with van der Waals surface area (Å²) in [5, 5.41) is 0. The Balaban J connectivity index is -0.000000125. The lowest BCUT2D eigenvalue weighted by atomic mass is 11.5. The zero-order valence-electron chi connectivity index (χ0n) is 5.39. The lowest BCUT2D eigenvalue weighted by molar-refractivity contribution is 0.900. The van der Waals surface area contributed by atoms with Gasteiger partial charge in [-0.05, 0) is 6.98 Å². The van der Waals surface area contributed by atoms with E-state index in [4.69, 9.17) is 4.11 Å². The Labute approximate surface area is 48.1 Å². The maximum atomic E-state index is 6.28. The minimum absolute atomic E-state index is 0. The van der Waals surface area contributed by atoms with E-state index in [0.717, 1.165) is 0 Å². The van der Waals surface area contributed by atoms with Gasteiger partial charge in [-0.3, -0.25) is 11.3 Å². The smallest absolute Gasteiger partial charge is 0.0406 e. The van der Waals surface area contributed by atoms with E-state index in [2.05, 4.69) is 5.84 Å². The van der Waals surface area contributed by atoms with Gasteiger partial charge in [0, 0.05) is 4.11 Å². The molecule has 0 aliphatic heterocycles. The summed E-state index contributed by atoms with van der Waals surface area (Å²) in [4.78, 5) is 0. The topological polar surface area (TPSA) is 38.0 Å². The minimum atomic E-state index is -2.18. The standard InChI is InChI=1S/CH6N2.2ClH/c1-3-2;;/h3H,2H2,1H3;2*1H/i1D3;;. The van der Waals surface area contributed by atoms with Crippen molar-refractivity contribution in [3.8, 4) is 0 Å². The molecule has 0 radical (unpaired) electrons. The minimum Gasteiger partial charge on any atom is -0.272 e. The summed E-state index contributed by atoms with van der Waals surface area (Å²) in [6.07, 6.45) is 0. The molecule has 0 aromatic carbocycles. The Morgan fingerprint density at radius 2 is 2.00 bits per heavy atom. The molecule has 0 saturated heterocycles. The van der Waals surface area contributed by atoms with Crippen LogP contribution >= 0.6 is 24.8 Å². The molecular weight excluding hydrogens is 111 g/mol. The number of hydrazine groups is 1. The number of hydrogen-bond donors (Lipinski definition) is 2. The average molecular weight is 122 g/mol. The molecule has 0 atom stereocenters. The predicted octanol–water partition coefficient (Wildman–Crippen LogP) is -0.0769. The number of nitrogens with one attached hydrogen (secondary N) is 1. The average Bonchev–Trinajstić information content (AvgIpc) is 1.35. The second kappa shape index (κ2) is 24.5. The second-order valence-electron chi connectivity index (χ2n) is 0.144. The van der Waals surface area contributed by atoms with Gasteiger partial charge in [0.25, 0.3) is 0 Å². The lowest BCUT2D eigenvalue weighted by Gasteiger charge is -1.62. The van der Waals surface area contributed by atoms with Crippen molar-refractivity contribution in [3.63, 3.8) is 0 Å². The second-order valence-corrected chi connectivity index (χ2v) is 0.144. The fourth-order valence-electron chi connectivity index (χ4n) is 0. The van der Waals surface area contributed by atoms with Crippen LogP contribution in [0.2, 0.25) is 0 Å². The van der Waals surface area contributed by atoms with Crippen LogP contribution in [0.25, 0.3) is 0 Å². The predicted molar refractivity (Wildman–Crippen MR) is 27.7 cm³/mol. The van der Waals surface area contributed by atoms with Gasteiger partial charge in [-0.15, -0.1) is 24.8 Å². The molecule has 0 aliphatic carbocycles. The van der Waals surface area contributed by atoms with Crippen LogP contribution in [0.5, 0.6) is 0 Å². The lowest BCUT2D eigenvalue weighted by Crippen LogP contribution is -2.13. The van der Waals surface area contributed by atoms with Gasteiger partial charge in [0.1, 0.15) is 0 Å². The molecule has 0 unspecified atom stereocenters. The van der Waals surface area contributed by atoms with Crippen molar-refractivity contribution in [2.75, 3.05) is 6.98 Å². The summed E-state index contributed by atoms with van der Waals surface area (Å²) >= 11 is 0. The van der Waals surface area contributed by atoms with Crippen molar-refractivity contribution in [1.82, 2.24) is 5.43 Å². The maximum absolute atomic E-state index is 6.28. The first-order valence-corrected chi connectivity index (χ1v) is 0.539. The molecule has 36 valence electrons. The first kappa shape index (κ1) is 3.68. The molecule has 0 aliphatic rings. The zero-order chi connectivity index (χ0) is 5.21. The van der Waals surface area contributed by atoms with E-state index in [9.17, 15) is 0 Å². The summed E-state index contributed by atoms with van der Waals surface area (Å²) in [5.74, 6) is 4.49. The normalized spacial score (nSPS) is 15.0. The van der Waals surface area contributed by atoms with Crippen molar-refractivity contribution < 1.29 is 4.11 Å². The number of halogens is 2. The quantitative estimate of drug-likeness (QED) is 0.348. The Kier molecular flexibility index (Phi) is 18.0. The molecule has 3 N–H and O–H groups in total. The van der Waals surface area contributed by atoms with Gasteiger partial charge in [-0.1, -0.05) is 0 Å². The van der Waals surface area contributed by atoms with Crippen molar-refractivity contribution in [3.05, 3.63) is 0 Å². The molecule has 4 heteroatoms. The monoisotopic (exact) mass is 121 g/mol. The van der Waals surface area contributed by atoms with Crippen LogP contribution in [0, 0.1) is 0 Å². The molecule has 0 aromatic rings. The molecule has 0 bridgehead atoms. The van der Waals surface area contributed by atoms with E-state index < -0.39 is 6.98 Å². The van der Waals surface area contributed by atoms with E-state index in [0.29, 0.717) is 0 Å². The Morgan fingerprint density at radius 3 is 2.00 bits per heavy atom. The fraction of sp³-hybridized carbons (Fsp3) is 1.00. The van der Waals surface area contributed by atoms with Gasteiger partial charge in [0.2, 0.25) is 0 Å². The fourth-order valence-corrected chi connectivity index (χ4v) is 0. The van der Waals surface area contributed by atoms with Crippen LogP contribution in [-0.4, -0.2) is 6.98 Å². The highest BCUT2D eigenvalue weighted by atomic mass is 35.5. The maximum Gasteiger partial charge on any atom is 0.0406 e. The van der Waals surface area contributed by atoms with E-state index in [1.807, 2.05) is 0 Å². The van der Waals surface area contributed by atoms with Crippen molar-refractivity contribution >= 4 is 24.8 Å². The van der Waals surface area contributed by atoms with E-state index in [1.54, 1.807) is 5.43 Å². The number of nitrogens with two attached hydrogens (primary N) is 1. The molecule has 0 rings (SSSR count). The third-order valence-electron chi connectivity index (χ3n) is 0. The summed E-state index contributed by atoms with van der Waals surface area (Å²) in [6.45, 7) is -2.18. The van der Waals surface area contributed by atoms with Gasteiger partial charge in [0.05, 0.1) is 0 Å². The van der Waals surface area contributed by atoms with Crippen LogP contribution in [0.1, 0.15) is 4.11 Å². The van der Waals surface area contributed by atoms with Gasteiger partial charge in [0.15, 0.2) is 0 Å². The molecule has 0 saturated carbocycles. The molecule has 2 nitrogen and oxygen atoms in total. The zero-order valence-corrected chi connectivity index (χ0v) is 4.03. The highest BCUT2D eigenvalue weighted by Gasteiger charge is 1.22. The molecule has 0 amide bonds. The molecule has 0 spiro atoms. The van der Waals surface area contributed by atoms with Crippen LogP contribution in [0.3, 0.4) is 0 Å². The third kappa shape index (κ3) is 113. The molecule has 0 aromatic heterocycles. The number of rotatable bonds is 0. The van der Waals surface area contributed by atoms with Crippen LogP contribution < -0.4 is 11.3 Å². The van der Waals surface area contributed by atoms with Gasteiger partial charge in [-0.25, -0.2) is 0 Å². The van der Waals surface area contributed by atoms with Gasteiger partial charge >= 0.3 is 0 Å². The third-order valence-corrected chi connectivity index (χ3v) is 0. The first-order valence-electron chi connectivity index (χ1n) is 2.04. The summed E-state index contributed by atoms with van der Waals surface area (Å²) in [5.41, 5.74) is 1.60. The SMILES string of the molecule is Cl.Cl.[2H]C([2H])([2H])NN. The van der Waals surface area contributed by atoms with Crippen molar-refractivity contribution in [2.45, 2.75) is 0 Å². The molecule has 0 fully saturated rings. The highest BCUT2D eigenvalue weighted by Crippen LogP contribution is 0.817. The summed E-state index contributed by atoms with van der Waals surface area (Å²) in [7, 11) is 0. The van der Waals surface area contributed by atoms with Gasteiger partial charge < -0.3 is 0 Å². The summed E-state index contributed by atoms with van der Waals surface area (Å²) in [6, 6.07) is 0. The van der Waals surface area contributed by atoms with Crippen molar-refractivity contribution in [2.24, 2.45) is 5.84 Å². The van der Waals surface area contributed by atoms with E-state index in [1.165, 1.54) is 0 Å². The Bertz CT molecular complexity index is 45.0. The number of hydrogen-bond acceptors (Lipinski definition) is 2. The molecule has 5 heavy (non-hydrogen) atoms. The highest BCUT2D eigenvalue weighted by molar-refractivity contribution is 5.85. The van der Waals surface area contributed by atoms with Crippen molar-refractivity contribution in [1.29, 1.82) is 0 Å². The van der Waals surface area contributed by atoms with Crippen LogP contribution in [0.4, 0.5) is 0 Å². The van der Waals surface area contributed by atoms with Crippen LogP contribution in [-0.2, 0) is 0 Å². The van der Waals surface area contributed by atoms with Crippen LogP contribution in [0.15, 0.2) is 0 Å². The first-order chi connectivity index (χ1) is 2.56. The molecular formula is CH8Cl2N2. The Hall–Kier alpha value is 0.500.